The average Bonchev–Trinajstić information content (AvgIpc) is 3.02. The van der Waals surface area contributed by atoms with Gasteiger partial charge in [0.1, 0.15) is 5.52 Å². The van der Waals surface area contributed by atoms with Gasteiger partial charge in [0.15, 0.2) is 21.6 Å². The summed E-state index contributed by atoms with van der Waals surface area (Å²) in [6.07, 6.45) is 0. The van der Waals surface area contributed by atoms with Crippen LogP contribution in [0.5, 0.6) is 0 Å². The van der Waals surface area contributed by atoms with Crippen LogP contribution in [0.1, 0.15) is 11.1 Å². The van der Waals surface area contributed by atoms with Gasteiger partial charge in [-0.05, 0) is 49.2 Å². The summed E-state index contributed by atoms with van der Waals surface area (Å²) in [5.41, 5.74) is 11.0. The molecule has 2 heterocycles. The molecular weight excluding hydrogens is 366 g/mol. The molecule has 0 spiro atoms. The molecule has 0 aliphatic rings. The van der Waals surface area contributed by atoms with E-state index < -0.39 is 0 Å². The van der Waals surface area contributed by atoms with E-state index in [0.29, 0.717) is 22.2 Å². The summed E-state index contributed by atoms with van der Waals surface area (Å²) < 4.78 is 0. The number of nitrogens with two attached hydrogens (primary N) is 1. The van der Waals surface area contributed by atoms with E-state index in [1.54, 1.807) is 12.1 Å². The number of anilines is 3. The lowest BCUT2D eigenvalue weighted by atomic mass is 10.1. The molecule has 4 aromatic rings. The SMILES string of the molecule is Cc1cccc(C)c1Nc1nc2c(N)nc(-c3ccc(Cl)cc3)nc2s1. The highest BCUT2D eigenvalue weighted by Crippen LogP contribution is 2.33. The minimum atomic E-state index is 0.366. The van der Waals surface area contributed by atoms with Gasteiger partial charge in [0, 0.05) is 16.3 Å². The van der Waals surface area contributed by atoms with Crippen molar-refractivity contribution in [2.75, 3.05) is 11.1 Å². The summed E-state index contributed by atoms with van der Waals surface area (Å²) in [4.78, 5) is 14.3. The van der Waals surface area contributed by atoms with Crippen LogP contribution in [0.15, 0.2) is 42.5 Å². The molecule has 2 aromatic heterocycles. The molecule has 0 aliphatic carbocycles. The lowest BCUT2D eigenvalue weighted by Gasteiger charge is -2.09. The molecule has 4 rings (SSSR count). The molecule has 7 heteroatoms. The Morgan fingerprint density at radius 3 is 2.35 bits per heavy atom. The van der Waals surface area contributed by atoms with Crippen molar-refractivity contribution in [2.24, 2.45) is 0 Å². The Labute approximate surface area is 159 Å². The first-order valence-corrected chi connectivity index (χ1v) is 9.24. The first-order valence-electron chi connectivity index (χ1n) is 8.04. The molecule has 0 fully saturated rings. The van der Waals surface area contributed by atoms with E-state index in [1.165, 1.54) is 11.3 Å². The first kappa shape index (κ1) is 16.8. The third-order valence-corrected chi connectivity index (χ3v) is 5.22. The Morgan fingerprint density at radius 1 is 0.962 bits per heavy atom. The molecule has 26 heavy (non-hydrogen) atoms. The molecule has 0 radical (unpaired) electrons. The molecule has 2 aromatic carbocycles. The van der Waals surface area contributed by atoms with Gasteiger partial charge in [-0.3, -0.25) is 0 Å². The topological polar surface area (TPSA) is 76.7 Å². The number of aromatic nitrogens is 3. The summed E-state index contributed by atoms with van der Waals surface area (Å²) in [5, 5.41) is 4.80. The Balaban J connectivity index is 1.75. The first-order chi connectivity index (χ1) is 12.5. The monoisotopic (exact) mass is 381 g/mol. The maximum absolute atomic E-state index is 6.13. The van der Waals surface area contributed by atoms with E-state index in [1.807, 2.05) is 18.2 Å². The number of nitrogens with zero attached hydrogens (tertiary/aromatic N) is 3. The fraction of sp³-hybridized carbons (Fsp3) is 0.105. The van der Waals surface area contributed by atoms with Gasteiger partial charge >= 0.3 is 0 Å². The summed E-state index contributed by atoms with van der Waals surface area (Å²) in [6.45, 7) is 4.13. The number of nitrogen functional groups attached to an aromatic ring is 1. The lowest BCUT2D eigenvalue weighted by molar-refractivity contribution is 1.23. The third kappa shape index (κ3) is 3.09. The van der Waals surface area contributed by atoms with Crippen molar-refractivity contribution >= 4 is 49.9 Å². The largest absolute Gasteiger partial charge is 0.382 e. The second-order valence-electron chi connectivity index (χ2n) is 6.00. The highest BCUT2D eigenvalue weighted by atomic mass is 35.5. The minimum absolute atomic E-state index is 0.366. The van der Waals surface area contributed by atoms with Crippen LogP contribution in [0.25, 0.3) is 21.7 Å². The van der Waals surface area contributed by atoms with E-state index in [0.717, 1.165) is 32.3 Å². The van der Waals surface area contributed by atoms with Crippen molar-refractivity contribution in [3.05, 3.63) is 58.6 Å². The van der Waals surface area contributed by atoms with E-state index in [4.69, 9.17) is 17.3 Å². The Hall–Kier alpha value is -2.70. The molecule has 3 N–H and O–H groups in total. The van der Waals surface area contributed by atoms with Gasteiger partial charge in [0.05, 0.1) is 0 Å². The molecule has 0 atom stereocenters. The quantitative estimate of drug-likeness (QED) is 0.500. The van der Waals surface area contributed by atoms with Crippen LogP contribution in [0.2, 0.25) is 5.02 Å². The maximum atomic E-state index is 6.13. The number of thiazole rings is 1. The Bertz CT molecular complexity index is 1080. The van der Waals surface area contributed by atoms with Crippen LogP contribution in [0.3, 0.4) is 0 Å². The molecule has 0 saturated carbocycles. The van der Waals surface area contributed by atoms with Crippen LogP contribution in [-0.2, 0) is 0 Å². The number of benzene rings is 2. The minimum Gasteiger partial charge on any atom is -0.382 e. The highest BCUT2D eigenvalue weighted by molar-refractivity contribution is 7.21. The van der Waals surface area contributed by atoms with Crippen molar-refractivity contribution in [1.82, 2.24) is 15.0 Å². The van der Waals surface area contributed by atoms with Crippen molar-refractivity contribution in [3.63, 3.8) is 0 Å². The number of para-hydroxylation sites is 1. The Kier molecular flexibility index (Phi) is 4.22. The highest BCUT2D eigenvalue weighted by Gasteiger charge is 2.14. The van der Waals surface area contributed by atoms with Gasteiger partial charge in [-0.1, -0.05) is 41.1 Å². The van der Waals surface area contributed by atoms with Gasteiger partial charge < -0.3 is 11.1 Å². The van der Waals surface area contributed by atoms with Crippen molar-refractivity contribution in [3.8, 4) is 11.4 Å². The fourth-order valence-corrected chi connectivity index (χ4v) is 3.72. The van der Waals surface area contributed by atoms with Crippen LogP contribution >= 0.6 is 22.9 Å². The number of hydrogen-bond acceptors (Lipinski definition) is 6. The molecule has 0 amide bonds. The van der Waals surface area contributed by atoms with Gasteiger partial charge in [-0.2, -0.15) is 0 Å². The summed E-state index contributed by atoms with van der Waals surface area (Å²) >= 11 is 7.41. The van der Waals surface area contributed by atoms with Crippen LogP contribution in [-0.4, -0.2) is 15.0 Å². The number of nitrogens with one attached hydrogen (secondary N) is 1. The van der Waals surface area contributed by atoms with Crippen molar-refractivity contribution < 1.29 is 0 Å². The predicted octanol–water partition coefficient (Wildman–Crippen LogP) is 5.35. The number of aryl methyl sites for hydroxylation is 2. The summed E-state index contributed by atoms with van der Waals surface area (Å²) in [6, 6.07) is 13.5. The zero-order valence-corrected chi connectivity index (χ0v) is 15.8. The number of hydrogen-bond donors (Lipinski definition) is 2. The summed E-state index contributed by atoms with van der Waals surface area (Å²) in [7, 11) is 0. The zero-order valence-electron chi connectivity index (χ0n) is 14.2. The standard InChI is InChI=1S/C19H16ClN5S/c1-10-4-3-5-11(2)14(10)22-19-23-15-16(21)24-17(25-18(15)26-19)12-6-8-13(20)9-7-12/h3-9H,1-2H3,(H,22,23)(H2,21,24,25). The molecule has 5 nitrogen and oxygen atoms in total. The van der Waals surface area contributed by atoms with Crippen molar-refractivity contribution in [2.45, 2.75) is 13.8 Å². The molecule has 0 bridgehead atoms. The van der Waals surface area contributed by atoms with Crippen molar-refractivity contribution in [1.29, 1.82) is 0 Å². The normalized spacial score (nSPS) is 11.0. The average molecular weight is 382 g/mol. The van der Waals surface area contributed by atoms with E-state index >= 15 is 0 Å². The molecule has 0 unspecified atom stereocenters. The fourth-order valence-electron chi connectivity index (χ4n) is 2.74. The predicted molar refractivity (Wildman–Crippen MR) is 109 cm³/mol. The lowest BCUT2D eigenvalue weighted by Crippen LogP contribution is -1.97. The van der Waals surface area contributed by atoms with E-state index in [-0.39, 0.29) is 0 Å². The number of rotatable bonds is 3. The molecule has 130 valence electrons. The van der Waals surface area contributed by atoms with Gasteiger partial charge in [0.25, 0.3) is 0 Å². The molecule has 0 aliphatic heterocycles. The van der Waals surface area contributed by atoms with Gasteiger partial charge in [-0.25, -0.2) is 15.0 Å². The summed E-state index contributed by atoms with van der Waals surface area (Å²) in [5.74, 6) is 0.930. The maximum Gasteiger partial charge on any atom is 0.189 e. The second-order valence-corrected chi connectivity index (χ2v) is 7.42. The second kappa shape index (κ2) is 6.55. The number of fused-ring (bicyclic) bond motifs is 1. The van der Waals surface area contributed by atoms with Crippen LogP contribution in [0, 0.1) is 13.8 Å². The van der Waals surface area contributed by atoms with E-state index in [9.17, 15) is 0 Å². The van der Waals surface area contributed by atoms with Crippen LogP contribution in [0.4, 0.5) is 16.6 Å². The van der Waals surface area contributed by atoms with Gasteiger partial charge in [0.2, 0.25) is 0 Å². The zero-order chi connectivity index (χ0) is 18.3. The van der Waals surface area contributed by atoms with E-state index in [2.05, 4.69) is 46.2 Å². The molecule has 0 saturated heterocycles. The molecular formula is C19H16ClN5S. The third-order valence-electron chi connectivity index (χ3n) is 4.10. The van der Waals surface area contributed by atoms with Gasteiger partial charge in [-0.15, -0.1) is 0 Å². The number of halogens is 1. The van der Waals surface area contributed by atoms with Crippen LogP contribution < -0.4 is 11.1 Å². The Morgan fingerprint density at radius 2 is 1.65 bits per heavy atom. The smallest absolute Gasteiger partial charge is 0.189 e.